The highest BCUT2D eigenvalue weighted by molar-refractivity contribution is 4.54. The third kappa shape index (κ3) is 6.36. The number of hydrogen-bond donors (Lipinski definition) is 0. The highest BCUT2D eigenvalue weighted by Crippen LogP contribution is 2.07. The molecule has 0 aromatic carbocycles. The van der Waals surface area contributed by atoms with Gasteiger partial charge in [0, 0.05) is 6.61 Å². The molecule has 68 valence electrons. The van der Waals surface area contributed by atoms with E-state index in [0.717, 1.165) is 12.5 Å². The van der Waals surface area contributed by atoms with Gasteiger partial charge in [0.1, 0.15) is 0 Å². The number of ether oxygens (including phenoxy) is 1. The van der Waals surface area contributed by atoms with E-state index >= 15 is 0 Å². The summed E-state index contributed by atoms with van der Waals surface area (Å²) < 4.78 is 5.61. The van der Waals surface area contributed by atoms with Gasteiger partial charge in [0.2, 0.25) is 0 Å². The Kier molecular flexibility index (Phi) is 5.57. The topological polar surface area (TPSA) is 9.23 Å². The molecule has 0 spiro atoms. The van der Waals surface area contributed by atoms with E-state index in [2.05, 4.69) is 34.6 Å². The smallest absolute Gasteiger partial charge is 0.0569 e. The summed E-state index contributed by atoms with van der Waals surface area (Å²) in [7, 11) is 0. The first kappa shape index (κ1) is 11.0. The van der Waals surface area contributed by atoms with Crippen LogP contribution in [0.15, 0.2) is 0 Å². The molecule has 0 fully saturated rings. The van der Waals surface area contributed by atoms with Crippen LogP contribution in [0.2, 0.25) is 0 Å². The second-order valence-corrected chi connectivity index (χ2v) is 4.00. The van der Waals surface area contributed by atoms with Crippen molar-refractivity contribution in [2.75, 3.05) is 6.61 Å². The molecule has 0 aliphatic carbocycles. The van der Waals surface area contributed by atoms with Gasteiger partial charge < -0.3 is 4.74 Å². The van der Waals surface area contributed by atoms with Crippen LogP contribution < -0.4 is 0 Å². The van der Waals surface area contributed by atoms with E-state index in [1.807, 2.05) is 0 Å². The van der Waals surface area contributed by atoms with Gasteiger partial charge in [-0.1, -0.05) is 27.7 Å². The highest BCUT2D eigenvalue weighted by atomic mass is 16.5. The normalized spacial score (nSPS) is 14.5. The van der Waals surface area contributed by atoms with Crippen LogP contribution in [0.25, 0.3) is 0 Å². The molecule has 0 N–H and O–H groups in total. The van der Waals surface area contributed by atoms with Crippen LogP contribution in [0.3, 0.4) is 0 Å². The third-order valence-electron chi connectivity index (χ3n) is 2.01. The Hall–Kier alpha value is -0.0400. The average Bonchev–Trinajstić information content (AvgIpc) is 1.86. The number of rotatable bonds is 5. The second kappa shape index (κ2) is 5.59. The Morgan fingerprint density at radius 2 is 1.55 bits per heavy atom. The van der Waals surface area contributed by atoms with Gasteiger partial charge in [-0.15, -0.1) is 0 Å². The maximum absolute atomic E-state index is 5.61. The molecule has 0 aromatic rings. The predicted molar refractivity (Wildman–Crippen MR) is 49.7 cm³/mol. The van der Waals surface area contributed by atoms with Gasteiger partial charge in [0.15, 0.2) is 0 Å². The van der Waals surface area contributed by atoms with Crippen LogP contribution in [0.4, 0.5) is 0 Å². The molecule has 0 rings (SSSR count). The summed E-state index contributed by atoms with van der Waals surface area (Å²) in [4.78, 5) is 0. The van der Waals surface area contributed by atoms with Crippen LogP contribution >= 0.6 is 0 Å². The van der Waals surface area contributed by atoms with Crippen molar-refractivity contribution in [2.45, 2.75) is 47.1 Å². The molecule has 0 aromatic heterocycles. The Labute approximate surface area is 71.1 Å². The lowest BCUT2D eigenvalue weighted by atomic mass is 10.1. The van der Waals surface area contributed by atoms with Gasteiger partial charge in [-0.05, 0) is 25.2 Å². The maximum atomic E-state index is 5.61. The average molecular weight is 158 g/mol. The zero-order valence-corrected chi connectivity index (χ0v) is 8.55. The monoisotopic (exact) mass is 158 g/mol. The zero-order valence-electron chi connectivity index (χ0n) is 8.55. The van der Waals surface area contributed by atoms with Gasteiger partial charge in [-0.3, -0.25) is 0 Å². The van der Waals surface area contributed by atoms with Gasteiger partial charge in [-0.2, -0.15) is 0 Å². The van der Waals surface area contributed by atoms with Gasteiger partial charge in [-0.25, -0.2) is 0 Å². The van der Waals surface area contributed by atoms with Crippen molar-refractivity contribution >= 4 is 0 Å². The van der Waals surface area contributed by atoms with Crippen molar-refractivity contribution in [3.05, 3.63) is 0 Å². The molecule has 1 atom stereocenters. The Morgan fingerprint density at radius 3 is 1.91 bits per heavy atom. The Balaban J connectivity index is 3.24. The van der Waals surface area contributed by atoms with E-state index in [1.165, 1.54) is 6.42 Å². The molecule has 0 aliphatic heterocycles. The quantitative estimate of drug-likeness (QED) is 0.597. The fourth-order valence-electron chi connectivity index (χ4n) is 0.682. The first-order chi connectivity index (χ1) is 5.04. The van der Waals surface area contributed by atoms with Crippen LogP contribution in [-0.2, 0) is 4.74 Å². The summed E-state index contributed by atoms with van der Waals surface area (Å²) in [6.45, 7) is 11.9. The molecule has 0 saturated heterocycles. The minimum atomic E-state index is 0.411. The summed E-state index contributed by atoms with van der Waals surface area (Å²) in [5.74, 6) is 1.40. The molecule has 0 radical (unpaired) electrons. The predicted octanol–water partition coefficient (Wildman–Crippen LogP) is 3.09. The molecule has 0 unspecified atom stereocenters. The lowest BCUT2D eigenvalue weighted by Gasteiger charge is -2.17. The van der Waals surface area contributed by atoms with Crippen LogP contribution in [0.1, 0.15) is 41.0 Å². The summed E-state index contributed by atoms with van der Waals surface area (Å²) in [5.41, 5.74) is 0. The van der Waals surface area contributed by atoms with Gasteiger partial charge in [0.25, 0.3) is 0 Å². The maximum Gasteiger partial charge on any atom is 0.0569 e. The molecular weight excluding hydrogens is 136 g/mol. The fourth-order valence-corrected chi connectivity index (χ4v) is 0.682. The SMILES string of the molecule is CC(C)CCO[C@H](C)C(C)C. The second-order valence-electron chi connectivity index (χ2n) is 4.00. The summed E-state index contributed by atoms with van der Waals surface area (Å²) in [5, 5.41) is 0. The van der Waals surface area contributed by atoms with Gasteiger partial charge in [0.05, 0.1) is 6.10 Å². The van der Waals surface area contributed by atoms with E-state index in [-0.39, 0.29) is 0 Å². The van der Waals surface area contributed by atoms with Crippen molar-refractivity contribution in [3.8, 4) is 0 Å². The molecule has 11 heavy (non-hydrogen) atoms. The molecule has 0 amide bonds. The largest absolute Gasteiger partial charge is 0.378 e. The zero-order chi connectivity index (χ0) is 8.85. The van der Waals surface area contributed by atoms with Crippen molar-refractivity contribution in [1.29, 1.82) is 0 Å². The van der Waals surface area contributed by atoms with E-state index in [9.17, 15) is 0 Å². The van der Waals surface area contributed by atoms with E-state index in [0.29, 0.717) is 12.0 Å². The van der Waals surface area contributed by atoms with E-state index < -0.39 is 0 Å². The first-order valence-electron chi connectivity index (χ1n) is 4.65. The molecule has 1 heteroatoms. The van der Waals surface area contributed by atoms with E-state index in [4.69, 9.17) is 4.74 Å². The molecule has 0 aliphatic rings. The molecule has 1 nitrogen and oxygen atoms in total. The minimum Gasteiger partial charge on any atom is -0.378 e. The lowest BCUT2D eigenvalue weighted by Crippen LogP contribution is -2.16. The van der Waals surface area contributed by atoms with Crippen molar-refractivity contribution in [2.24, 2.45) is 11.8 Å². The Bertz CT molecular complexity index is 86.9. The number of hydrogen-bond acceptors (Lipinski definition) is 1. The molecule has 0 heterocycles. The minimum absolute atomic E-state index is 0.411. The van der Waals surface area contributed by atoms with Crippen molar-refractivity contribution in [3.63, 3.8) is 0 Å². The Morgan fingerprint density at radius 1 is 1.00 bits per heavy atom. The molecule has 0 bridgehead atoms. The van der Waals surface area contributed by atoms with Crippen molar-refractivity contribution < 1.29 is 4.74 Å². The van der Waals surface area contributed by atoms with Crippen LogP contribution in [-0.4, -0.2) is 12.7 Å². The lowest BCUT2D eigenvalue weighted by molar-refractivity contribution is 0.0296. The third-order valence-corrected chi connectivity index (χ3v) is 2.01. The summed E-state index contributed by atoms with van der Waals surface area (Å²) in [6, 6.07) is 0. The van der Waals surface area contributed by atoms with Crippen LogP contribution in [0.5, 0.6) is 0 Å². The fraction of sp³-hybridized carbons (Fsp3) is 1.00. The van der Waals surface area contributed by atoms with Gasteiger partial charge >= 0.3 is 0 Å². The molecule has 0 saturated carbocycles. The highest BCUT2D eigenvalue weighted by Gasteiger charge is 2.06. The van der Waals surface area contributed by atoms with E-state index in [1.54, 1.807) is 0 Å². The summed E-state index contributed by atoms with van der Waals surface area (Å²) in [6.07, 6.45) is 1.59. The van der Waals surface area contributed by atoms with Crippen molar-refractivity contribution in [1.82, 2.24) is 0 Å². The molecular formula is C10H22O. The standard InChI is InChI=1S/C10H22O/c1-8(2)6-7-11-10(5)9(3)4/h8-10H,6-7H2,1-5H3/t10-/m1/s1. The summed E-state index contributed by atoms with van der Waals surface area (Å²) >= 11 is 0. The first-order valence-corrected chi connectivity index (χ1v) is 4.65. The van der Waals surface area contributed by atoms with Crippen LogP contribution in [0, 0.1) is 11.8 Å².